The summed E-state index contributed by atoms with van der Waals surface area (Å²) in [6, 6.07) is -1.43. The molecule has 106 valence electrons. The van der Waals surface area contributed by atoms with E-state index in [1.165, 1.54) is 6.33 Å². The van der Waals surface area contributed by atoms with Gasteiger partial charge in [-0.1, -0.05) is 20.3 Å². The predicted molar refractivity (Wildman–Crippen MR) is 67.3 cm³/mol. The second kappa shape index (κ2) is 6.72. The van der Waals surface area contributed by atoms with Crippen molar-refractivity contribution in [1.82, 2.24) is 25.4 Å². The highest BCUT2D eigenvalue weighted by Gasteiger charge is 2.25. The first-order valence-electron chi connectivity index (χ1n) is 6.05. The fourth-order valence-electron chi connectivity index (χ4n) is 1.50. The molecule has 0 aliphatic rings. The van der Waals surface area contributed by atoms with E-state index in [4.69, 9.17) is 5.11 Å². The van der Waals surface area contributed by atoms with Crippen molar-refractivity contribution in [3.8, 4) is 0 Å². The summed E-state index contributed by atoms with van der Waals surface area (Å²) in [5.74, 6) is -0.591. The average molecular weight is 269 g/mol. The molecule has 0 radical (unpaired) electrons. The van der Waals surface area contributed by atoms with Gasteiger partial charge in [0.05, 0.1) is 6.54 Å². The molecule has 1 heterocycles. The highest BCUT2D eigenvalue weighted by Crippen LogP contribution is 2.07. The van der Waals surface area contributed by atoms with E-state index in [1.807, 2.05) is 6.92 Å². The molecule has 0 aliphatic heterocycles. The van der Waals surface area contributed by atoms with Crippen LogP contribution in [0.5, 0.6) is 0 Å². The van der Waals surface area contributed by atoms with Crippen molar-refractivity contribution in [1.29, 1.82) is 0 Å². The van der Waals surface area contributed by atoms with Crippen LogP contribution in [-0.2, 0) is 18.4 Å². The molecular weight excluding hydrogens is 250 g/mol. The van der Waals surface area contributed by atoms with Crippen LogP contribution >= 0.6 is 0 Å². The average Bonchev–Trinajstić information content (AvgIpc) is 2.77. The third-order valence-electron chi connectivity index (χ3n) is 2.98. The van der Waals surface area contributed by atoms with Gasteiger partial charge in [-0.2, -0.15) is 0 Å². The Kier molecular flexibility index (Phi) is 5.28. The molecule has 0 saturated heterocycles. The van der Waals surface area contributed by atoms with E-state index in [9.17, 15) is 9.59 Å². The van der Waals surface area contributed by atoms with E-state index >= 15 is 0 Å². The van der Waals surface area contributed by atoms with E-state index in [0.717, 1.165) is 0 Å². The molecule has 8 heteroatoms. The standard InChI is InChI=1S/C11H19N5O3/c1-4-7(2)9(10(17)18)14-11(19)12-5-8-15-13-6-16(8)3/h6-7,9H,4-5H2,1-3H3,(H,17,18)(H2,12,14,19)/t7?,9-/m0/s1. The lowest BCUT2D eigenvalue weighted by Gasteiger charge is -2.20. The Balaban J connectivity index is 2.49. The summed E-state index contributed by atoms with van der Waals surface area (Å²) in [6.07, 6.45) is 2.19. The number of carbonyl (C=O) groups excluding carboxylic acids is 1. The van der Waals surface area contributed by atoms with Gasteiger partial charge in [-0.3, -0.25) is 0 Å². The lowest BCUT2D eigenvalue weighted by atomic mass is 9.99. The predicted octanol–water partition coefficient (Wildman–Crippen LogP) is 0.114. The molecule has 2 amide bonds. The Morgan fingerprint density at radius 2 is 2.21 bits per heavy atom. The number of amides is 2. The van der Waals surface area contributed by atoms with Crippen molar-refractivity contribution in [3.05, 3.63) is 12.2 Å². The van der Waals surface area contributed by atoms with Crippen LogP contribution in [0.4, 0.5) is 4.79 Å². The van der Waals surface area contributed by atoms with Gasteiger partial charge in [0.2, 0.25) is 0 Å². The van der Waals surface area contributed by atoms with Crippen molar-refractivity contribution < 1.29 is 14.7 Å². The van der Waals surface area contributed by atoms with E-state index in [-0.39, 0.29) is 12.5 Å². The molecule has 0 aromatic carbocycles. The quantitative estimate of drug-likeness (QED) is 0.679. The number of carboxylic acids is 1. The normalized spacial score (nSPS) is 13.6. The van der Waals surface area contributed by atoms with Crippen LogP contribution in [0.3, 0.4) is 0 Å². The zero-order chi connectivity index (χ0) is 14.4. The molecule has 2 atom stereocenters. The molecule has 0 spiro atoms. The third-order valence-corrected chi connectivity index (χ3v) is 2.98. The van der Waals surface area contributed by atoms with Crippen LogP contribution in [-0.4, -0.2) is 37.9 Å². The van der Waals surface area contributed by atoms with E-state index < -0.39 is 18.0 Å². The van der Waals surface area contributed by atoms with Crippen LogP contribution in [0.1, 0.15) is 26.1 Å². The van der Waals surface area contributed by atoms with Gasteiger partial charge in [-0.05, 0) is 5.92 Å². The van der Waals surface area contributed by atoms with Crippen LogP contribution in [0.15, 0.2) is 6.33 Å². The van der Waals surface area contributed by atoms with Gasteiger partial charge in [0.15, 0.2) is 5.82 Å². The number of aryl methyl sites for hydroxylation is 1. The van der Waals surface area contributed by atoms with Crippen LogP contribution in [0.25, 0.3) is 0 Å². The smallest absolute Gasteiger partial charge is 0.326 e. The second-order valence-electron chi connectivity index (χ2n) is 4.39. The summed E-state index contributed by atoms with van der Waals surface area (Å²) in [7, 11) is 1.76. The van der Waals surface area contributed by atoms with Gasteiger partial charge in [0.1, 0.15) is 12.4 Å². The number of hydrogen-bond acceptors (Lipinski definition) is 4. The second-order valence-corrected chi connectivity index (χ2v) is 4.39. The van der Waals surface area contributed by atoms with Crippen molar-refractivity contribution in [2.75, 3.05) is 0 Å². The number of nitrogens with zero attached hydrogens (tertiary/aromatic N) is 3. The maximum atomic E-state index is 11.6. The van der Waals surface area contributed by atoms with Gasteiger partial charge < -0.3 is 20.3 Å². The lowest BCUT2D eigenvalue weighted by Crippen LogP contribution is -2.49. The molecule has 1 aromatic rings. The number of carbonyl (C=O) groups is 2. The van der Waals surface area contributed by atoms with Crippen LogP contribution in [0.2, 0.25) is 0 Å². The zero-order valence-corrected chi connectivity index (χ0v) is 11.3. The zero-order valence-electron chi connectivity index (χ0n) is 11.3. The molecule has 19 heavy (non-hydrogen) atoms. The van der Waals surface area contributed by atoms with Gasteiger partial charge in [0, 0.05) is 7.05 Å². The Morgan fingerprint density at radius 1 is 1.53 bits per heavy atom. The molecule has 0 bridgehead atoms. The number of aliphatic carboxylic acids is 1. The van der Waals surface area contributed by atoms with Gasteiger partial charge >= 0.3 is 12.0 Å². The van der Waals surface area contributed by atoms with Crippen molar-refractivity contribution in [2.45, 2.75) is 32.9 Å². The number of nitrogens with one attached hydrogen (secondary N) is 2. The SMILES string of the molecule is CCC(C)[C@H](NC(=O)NCc1nncn1C)C(=O)O. The van der Waals surface area contributed by atoms with Gasteiger partial charge in [-0.25, -0.2) is 9.59 Å². The first-order valence-corrected chi connectivity index (χ1v) is 6.05. The largest absolute Gasteiger partial charge is 0.480 e. The minimum Gasteiger partial charge on any atom is -0.480 e. The van der Waals surface area contributed by atoms with Gasteiger partial charge in [0.25, 0.3) is 0 Å². The molecule has 1 unspecified atom stereocenters. The van der Waals surface area contributed by atoms with E-state index in [2.05, 4.69) is 20.8 Å². The monoisotopic (exact) mass is 269 g/mol. The van der Waals surface area contributed by atoms with E-state index in [0.29, 0.717) is 12.2 Å². The topological polar surface area (TPSA) is 109 Å². The molecular formula is C11H19N5O3. The summed E-state index contributed by atoms with van der Waals surface area (Å²) in [6.45, 7) is 3.84. The molecule has 8 nitrogen and oxygen atoms in total. The third kappa shape index (κ3) is 4.23. The Morgan fingerprint density at radius 3 is 2.68 bits per heavy atom. The maximum absolute atomic E-state index is 11.6. The number of hydrogen-bond donors (Lipinski definition) is 3. The lowest BCUT2D eigenvalue weighted by molar-refractivity contribution is -0.140. The Hall–Kier alpha value is -2.12. The first-order chi connectivity index (χ1) is 8.95. The summed E-state index contributed by atoms with van der Waals surface area (Å²) in [5, 5.41) is 21.5. The summed E-state index contributed by atoms with van der Waals surface area (Å²) in [5.41, 5.74) is 0. The Labute approximate surface area is 111 Å². The fourth-order valence-corrected chi connectivity index (χ4v) is 1.50. The fraction of sp³-hybridized carbons (Fsp3) is 0.636. The van der Waals surface area contributed by atoms with Crippen molar-refractivity contribution in [3.63, 3.8) is 0 Å². The van der Waals surface area contributed by atoms with Crippen LogP contribution < -0.4 is 10.6 Å². The number of urea groups is 1. The maximum Gasteiger partial charge on any atom is 0.326 e. The highest BCUT2D eigenvalue weighted by atomic mass is 16.4. The minimum absolute atomic E-state index is 0.141. The summed E-state index contributed by atoms with van der Waals surface area (Å²) >= 11 is 0. The molecule has 1 aromatic heterocycles. The van der Waals surface area contributed by atoms with Crippen molar-refractivity contribution in [2.24, 2.45) is 13.0 Å². The molecule has 0 fully saturated rings. The van der Waals surface area contributed by atoms with Gasteiger partial charge in [-0.15, -0.1) is 10.2 Å². The minimum atomic E-state index is -1.04. The van der Waals surface area contributed by atoms with Crippen LogP contribution in [0, 0.1) is 5.92 Å². The summed E-state index contributed by atoms with van der Waals surface area (Å²) in [4.78, 5) is 22.7. The highest BCUT2D eigenvalue weighted by molar-refractivity contribution is 5.82. The van der Waals surface area contributed by atoms with Crippen molar-refractivity contribution >= 4 is 12.0 Å². The molecule has 3 N–H and O–H groups in total. The van der Waals surface area contributed by atoms with E-state index in [1.54, 1.807) is 18.5 Å². The number of carboxylic acid groups (broad SMARTS) is 1. The first kappa shape index (κ1) is 14.9. The summed E-state index contributed by atoms with van der Waals surface area (Å²) < 4.78 is 1.67. The molecule has 1 rings (SSSR count). The molecule has 0 saturated carbocycles. The number of rotatable bonds is 6. The Bertz CT molecular complexity index is 445. The molecule has 0 aliphatic carbocycles. The number of aromatic nitrogens is 3.